The van der Waals surface area contributed by atoms with Crippen LogP contribution < -0.4 is 0 Å². The third kappa shape index (κ3) is 2.15. The van der Waals surface area contributed by atoms with Gasteiger partial charge in [-0.25, -0.2) is 0 Å². The van der Waals surface area contributed by atoms with Gasteiger partial charge in [0.25, 0.3) is 0 Å². The predicted molar refractivity (Wildman–Crippen MR) is 76.7 cm³/mol. The van der Waals surface area contributed by atoms with E-state index in [1.54, 1.807) is 23.8 Å². The number of amides is 2. The van der Waals surface area contributed by atoms with Crippen molar-refractivity contribution in [3.05, 3.63) is 0 Å². The highest BCUT2D eigenvalue weighted by molar-refractivity contribution is 6.00. The second kappa shape index (κ2) is 4.22. The van der Waals surface area contributed by atoms with Crippen molar-refractivity contribution >= 4 is 11.8 Å². The fraction of sp³-hybridized carbons (Fsp3) is 0.867. The Kier molecular flexibility index (Phi) is 3.55. The number of rotatable bonds is 0. The summed E-state index contributed by atoms with van der Waals surface area (Å²) in [6.07, 6.45) is 0. The van der Waals surface area contributed by atoms with E-state index in [-0.39, 0.29) is 22.8 Å². The first-order valence-corrected chi connectivity index (χ1v) is 6.87. The summed E-state index contributed by atoms with van der Waals surface area (Å²) in [5, 5.41) is 0. The number of likely N-dealkylation sites (N-methyl/N-ethyl adjacent to an activating group) is 1. The Hall–Kier alpha value is -1.06. The number of carbonyl (C=O) groups is 2. The quantitative estimate of drug-likeness (QED) is 0.676. The molecule has 1 aliphatic heterocycles. The van der Waals surface area contributed by atoms with Crippen LogP contribution in [0, 0.1) is 5.41 Å². The standard InChI is InChI=1S/C15H28N2O2/c1-10-11(18)17(14(5,6)7)15(8,13(2,3)4)12(19)16(10)9/h10H,1-9H3/t10-,15-/m0/s1. The van der Waals surface area contributed by atoms with Gasteiger partial charge in [0.1, 0.15) is 11.6 Å². The summed E-state index contributed by atoms with van der Waals surface area (Å²) in [6, 6.07) is -0.401. The molecule has 0 saturated carbocycles. The fourth-order valence-corrected chi connectivity index (χ4v) is 2.85. The number of hydrogen-bond donors (Lipinski definition) is 0. The van der Waals surface area contributed by atoms with Crippen molar-refractivity contribution in [3.8, 4) is 0 Å². The zero-order valence-corrected chi connectivity index (χ0v) is 13.8. The minimum Gasteiger partial charge on any atom is -0.332 e. The molecule has 4 nitrogen and oxygen atoms in total. The first-order valence-electron chi connectivity index (χ1n) is 6.87. The van der Waals surface area contributed by atoms with Crippen molar-refractivity contribution in [2.24, 2.45) is 5.41 Å². The van der Waals surface area contributed by atoms with Gasteiger partial charge < -0.3 is 9.80 Å². The molecule has 1 aliphatic rings. The molecule has 1 heterocycles. The molecule has 1 saturated heterocycles. The summed E-state index contributed by atoms with van der Waals surface area (Å²) in [4.78, 5) is 28.9. The lowest BCUT2D eigenvalue weighted by Gasteiger charge is -2.59. The SMILES string of the molecule is C[C@H]1C(=O)N(C(C)(C)C)[C@](C)(C(C)(C)C)C(=O)N1C. The smallest absolute Gasteiger partial charge is 0.249 e. The molecule has 2 atom stereocenters. The van der Waals surface area contributed by atoms with Crippen molar-refractivity contribution in [2.75, 3.05) is 7.05 Å². The van der Waals surface area contributed by atoms with Gasteiger partial charge in [-0.1, -0.05) is 20.8 Å². The van der Waals surface area contributed by atoms with Crippen molar-refractivity contribution in [1.29, 1.82) is 0 Å². The highest BCUT2D eigenvalue weighted by Gasteiger charge is 2.59. The van der Waals surface area contributed by atoms with E-state index in [4.69, 9.17) is 0 Å². The Morgan fingerprint density at radius 1 is 1.05 bits per heavy atom. The van der Waals surface area contributed by atoms with Crippen molar-refractivity contribution in [3.63, 3.8) is 0 Å². The topological polar surface area (TPSA) is 40.6 Å². The normalized spacial score (nSPS) is 30.1. The van der Waals surface area contributed by atoms with Gasteiger partial charge in [-0.3, -0.25) is 9.59 Å². The molecule has 1 rings (SSSR count). The van der Waals surface area contributed by atoms with Crippen LogP contribution in [0.1, 0.15) is 55.4 Å². The number of hydrogen-bond acceptors (Lipinski definition) is 2. The molecule has 19 heavy (non-hydrogen) atoms. The van der Waals surface area contributed by atoms with E-state index in [9.17, 15) is 9.59 Å². The molecule has 0 aromatic rings. The summed E-state index contributed by atoms with van der Waals surface area (Å²) in [5.74, 6) is 0.0362. The molecule has 0 unspecified atom stereocenters. The van der Waals surface area contributed by atoms with Gasteiger partial charge in [-0.2, -0.15) is 0 Å². The molecule has 4 heteroatoms. The van der Waals surface area contributed by atoms with Crippen LogP contribution >= 0.6 is 0 Å². The minimum atomic E-state index is -0.830. The lowest BCUT2D eigenvalue weighted by molar-refractivity contribution is -0.184. The van der Waals surface area contributed by atoms with Crippen LogP contribution in [0.3, 0.4) is 0 Å². The third-order valence-electron chi connectivity index (χ3n) is 4.47. The highest BCUT2D eigenvalue weighted by Crippen LogP contribution is 2.43. The van der Waals surface area contributed by atoms with E-state index in [0.717, 1.165) is 0 Å². The highest BCUT2D eigenvalue weighted by atomic mass is 16.2. The summed E-state index contributed by atoms with van der Waals surface area (Å²) in [7, 11) is 1.72. The number of carbonyl (C=O) groups excluding carboxylic acids is 2. The van der Waals surface area contributed by atoms with Gasteiger partial charge >= 0.3 is 0 Å². The molecular formula is C15H28N2O2. The first kappa shape index (κ1) is 16.0. The van der Waals surface area contributed by atoms with Gasteiger partial charge in [-0.15, -0.1) is 0 Å². The predicted octanol–water partition coefficient (Wildman–Crippen LogP) is 2.28. The largest absolute Gasteiger partial charge is 0.332 e. The van der Waals surface area contributed by atoms with Gasteiger partial charge in [0, 0.05) is 12.6 Å². The Bertz CT molecular complexity index is 403. The van der Waals surface area contributed by atoms with Crippen LogP contribution in [0.5, 0.6) is 0 Å². The van der Waals surface area contributed by atoms with E-state index >= 15 is 0 Å². The van der Waals surface area contributed by atoms with Gasteiger partial charge in [0.15, 0.2) is 0 Å². The lowest BCUT2D eigenvalue weighted by Crippen LogP contribution is -2.76. The second-order valence-electron chi connectivity index (χ2n) is 7.76. The van der Waals surface area contributed by atoms with Crippen LogP contribution in [0.4, 0.5) is 0 Å². The zero-order valence-electron chi connectivity index (χ0n) is 13.8. The van der Waals surface area contributed by atoms with E-state index < -0.39 is 11.6 Å². The maximum Gasteiger partial charge on any atom is 0.249 e. The Labute approximate surface area is 117 Å². The lowest BCUT2D eigenvalue weighted by atomic mass is 9.69. The molecule has 0 N–H and O–H groups in total. The van der Waals surface area contributed by atoms with Gasteiger partial charge in [0.2, 0.25) is 11.8 Å². The molecular weight excluding hydrogens is 240 g/mol. The van der Waals surface area contributed by atoms with Crippen LogP contribution in [-0.4, -0.2) is 45.8 Å². The van der Waals surface area contributed by atoms with Crippen molar-refractivity contribution in [1.82, 2.24) is 9.80 Å². The van der Waals surface area contributed by atoms with Crippen molar-refractivity contribution in [2.45, 2.75) is 72.5 Å². The van der Waals surface area contributed by atoms with Crippen molar-refractivity contribution < 1.29 is 9.59 Å². The third-order valence-corrected chi connectivity index (χ3v) is 4.47. The molecule has 0 aliphatic carbocycles. The molecule has 0 spiro atoms. The number of nitrogens with zero attached hydrogens (tertiary/aromatic N) is 2. The van der Waals surface area contributed by atoms with Gasteiger partial charge in [-0.05, 0) is 40.0 Å². The van der Waals surface area contributed by atoms with Crippen LogP contribution in [0.2, 0.25) is 0 Å². The van der Waals surface area contributed by atoms with Crippen LogP contribution in [0.25, 0.3) is 0 Å². The average Bonchev–Trinajstić information content (AvgIpc) is 2.20. The molecule has 0 bridgehead atoms. The molecule has 110 valence electrons. The Balaban J connectivity index is 3.53. The Morgan fingerprint density at radius 2 is 1.47 bits per heavy atom. The zero-order chi connectivity index (χ0) is 15.4. The number of piperazine rings is 1. The molecule has 1 fully saturated rings. The Morgan fingerprint density at radius 3 is 1.79 bits per heavy atom. The van der Waals surface area contributed by atoms with Crippen LogP contribution in [0.15, 0.2) is 0 Å². The average molecular weight is 268 g/mol. The second-order valence-corrected chi connectivity index (χ2v) is 7.76. The summed E-state index contributed by atoms with van der Waals surface area (Å²) < 4.78 is 0. The maximum atomic E-state index is 12.8. The van der Waals surface area contributed by atoms with E-state index in [1.165, 1.54) is 0 Å². The monoisotopic (exact) mass is 268 g/mol. The van der Waals surface area contributed by atoms with E-state index in [1.807, 2.05) is 48.5 Å². The minimum absolute atomic E-state index is 0.0158. The summed E-state index contributed by atoms with van der Waals surface area (Å²) in [6.45, 7) is 15.7. The molecule has 0 radical (unpaired) electrons. The molecule has 0 aromatic carbocycles. The fourth-order valence-electron chi connectivity index (χ4n) is 2.85. The summed E-state index contributed by atoms with van der Waals surface area (Å²) in [5.41, 5.74) is -1.55. The van der Waals surface area contributed by atoms with Crippen LogP contribution in [-0.2, 0) is 9.59 Å². The summed E-state index contributed by atoms with van der Waals surface area (Å²) >= 11 is 0. The first-order chi connectivity index (χ1) is 8.26. The van der Waals surface area contributed by atoms with Gasteiger partial charge in [0.05, 0.1) is 0 Å². The maximum absolute atomic E-state index is 12.8. The van der Waals surface area contributed by atoms with E-state index in [2.05, 4.69) is 0 Å². The molecule has 0 aromatic heterocycles. The molecule has 2 amide bonds. The van der Waals surface area contributed by atoms with E-state index in [0.29, 0.717) is 0 Å².